The van der Waals surface area contributed by atoms with Gasteiger partial charge in [-0.05, 0) is 18.2 Å². The van der Waals surface area contributed by atoms with Crippen LogP contribution in [0.2, 0.25) is 0 Å². The first-order chi connectivity index (χ1) is 7.58. The Bertz CT molecular complexity index is 553. The first-order valence-corrected chi connectivity index (χ1v) is 5.02. The molecule has 0 saturated carbocycles. The van der Waals surface area contributed by atoms with Gasteiger partial charge in [0.25, 0.3) is 0 Å². The first-order valence-electron chi connectivity index (χ1n) is 4.23. The summed E-state index contributed by atoms with van der Waals surface area (Å²) in [6, 6.07) is 5.28. The van der Waals surface area contributed by atoms with E-state index < -0.39 is 11.8 Å². The van der Waals surface area contributed by atoms with Crippen molar-refractivity contribution in [2.75, 3.05) is 0 Å². The molecule has 82 valence electrons. The lowest BCUT2D eigenvalue weighted by molar-refractivity contribution is 0.0652. The molecule has 0 fully saturated rings. The van der Waals surface area contributed by atoms with Crippen LogP contribution in [-0.4, -0.2) is 16.2 Å². The summed E-state index contributed by atoms with van der Waals surface area (Å²) in [6.45, 7) is 0. The van der Waals surface area contributed by atoms with Gasteiger partial charge in [-0.3, -0.25) is 0 Å². The lowest BCUT2D eigenvalue weighted by Gasteiger charge is -1.98. The molecule has 0 atom stereocenters. The van der Waals surface area contributed by atoms with E-state index in [1.807, 2.05) is 0 Å². The Morgan fingerprint density at radius 2 is 2.19 bits per heavy atom. The highest BCUT2D eigenvalue weighted by atomic mass is 79.9. The number of benzene rings is 1. The summed E-state index contributed by atoms with van der Waals surface area (Å²) in [7, 11) is 0. The van der Waals surface area contributed by atoms with Crippen LogP contribution in [0, 0.1) is 5.82 Å². The van der Waals surface area contributed by atoms with E-state index in [1.165, 1.54) is 24.3 Å². The van der Waals surface area contributed by atoms with Crippen molar-refractivity contribution in [3.8, 4) is 11.3 Å². The maximum Gasteiger partial charge on any atom is 0.374 e. The third-order valence-corrected chi connectivity index (χ3v) is 2.62. The monoisotopic (exact) mass is 285 g/mol. The van der Waals surface area contributed by atoms with Crippen molar-refractivity contribution in [1.82, 2.24) is 5.16 Å². The molecule has 0 spiro atoms. The number of halogens is 2. The van der Waals surface area contributed by atoms with Crippen molar-refractivity contribution in [1.29, 1.82) is 0 Å². The molecule has 2 aromatic rings. The smallest absolute Gasteiger partial charge is 0.374 e. The minimum Gasteiger partial charge on any atom is -0.475 e. The summed E-state index contributed by atoms with van der Waals surface area (Å²) >= 11 is 3.22. The fourth-order valence-electron chi connectivity index (χ4n) is 1.20. The Morgan fingerprint density at radius 1 is 1.44 bits per heavy atom. The third kappa shape index (κ3) is 1.96. The van der Waals surface area contributed by atoms with E-state index in [1.54, 1.807) is 0 Å². The molecule has 1 heterocycles. The van der Waals surface area contributed by atoms with Gasteiger partial charge in [-0.15, -0.1) is 0 Å². The van der Waals surface area contributed by atoms with Gasteiger partial charge in [-0.25, -0.2) is 9.18 Å². The number of hydrogen-bond donors (Lipinski definition) is 1. The minimum absolute atomic E-state index is 0.267. The van der Waals surface area contributed by atoms with Gasteiger partial charge in [0.1, 0.15) is 11.5 Å². The van der Waals surface area contributed by atoms with Crippen LogP contribution in [0.15, 0.2) is 33.3 Å². The maximum absolute atomic E-state index is 13.0. The molecule has 0 aliphatic heterocycles. The zero-order valence-electron chi connectivity index (χ0n) is 7.78. The summed E-state index contributed by atoms with van der Waals surface area (Å²) in [6.07, 6.45) is 0. The molecule has 6 heteroatoms. The van der Waals surface area contributed by atoms with Crippen LogP contribution in [0.25, 0.3) is 11.3 Å². The number of carboxylic acids is 1. The molecule has 0 bridgehead atoms. The van der Waals surface area contributed by atoms with Gasteiger partial charge in [0, 0.05) is 16.1 Å². The van der Waals surface area contributed by atoms with Gasteiger partial charge in [0.15, 0.2) is 0 Å². The second-order valence-electron chi connectivity index (χ2n) is 3.01. The largest absolute Gasteiger partial charge is 0.475 e. The van der Waals surface area contributed by atoms with Gasteiger partial charge in [0.05, 0.1) is 0 Å². The molecule has 0 amide bonds. The Morgan fingerprint density at radius 3 is 2.81 bits per heavy atom. The fourth-order valence-corrected chi connectivity index (χ4v) is 1.65. The van der Waals surface area contributed by atoms with Crippen LogP contribution in [-0.2, 0) is 0 Å². The highest BCUT2D eigenvalue weighted by Gasteiger charge is 2.14. The van der Waals surface area contributed by atoms with Gasteiger partial charge in [0.2, 0.25) is 5.76 Å². The number of aromatic nitrogens is 1. The van der Waals surface area contributed by atoms with E-state index in [0.717, 1.165) is 0 Å². The molecule has 2 rings (SSSR count). The lowest BCUT2D eigenvalue weighted by atomic mass is 10.1. The summed E-state index contributed by atoms with van der Waals surface area (Å²) < 4.78 is 18.2. The molecule has 0 aliphatic carbocycles. The molecule has 0 aliphatic rings. The highest BCUT2D eigenvalue weighted by molar-refractivity contribution is 9.10. The highest BCUT2D eigenvalue weighted by Crippen LogP contribution is 2.28. The normalized spacial score (nSPS) is 10.4. The number of carboxylic acid groups (broad SMARTS) is 1. The molecule has 0 saturated heterocycles. The van der Waals surface area contributed by atoms with Crippen molar-refractivity contribution in [3.63, 3.8) is 0 Å². The molecular formula is C10H5BrFNO3. The fraction of sp³-hybridized carbons (Fsp3) is 0. The molecule has 1 aromatic heterocycles. The quantitative estimate of drug-likeness (QED) is 0.921. The molecular weight excluding hydrogens is 281 g/mol. The first kappa shape index (κ1) is 10.8. The number of hydrogen-bond acceptors (Lipinski definition) is 3. The van der Waals surface area contributed by atoms with E-state index in [9.17, 15) is 9.18 Å². The minimum atomic E-state index is -1.22. The van der Waals surface area contributed by atoms with Crippen molar-refractivity contribution in [2.24, 2.45) is 0 Å². The van der Waals surface area contributed by atoms with Crippen LogP contribution in [0.4, 0.5) is 4.39 Å². The Hall–Kier alpha value is -1.69. The molecule has 1 N–H and O–H groups in total. The molecule has 4 nitrogen and oxygen atoms in total. The lowest BCUT2D eigenvalue weighted by Crippen LogP contribution is -1.91. The number of aromatic carboxylic acids is 1. The summed E-state index contributed by atoms with van der Waals surface area (Å²) in [5.41, 5.74) is 0.708. The molecule has 0 unspecified atom stereocenters. The van der Waals surface area contributed by atoms with E-state index in [2.05, 4.69) is 25.6 Å². The van der Waals surface area contributed by atoms with E-state index >= 15 is 0 Å². The van der Waals surface area contributed by atoms with Crippen molar-refractivity contribution < 1.29 is 18.8 Å². The Labute approximate surface area is 97.8 Å². The van der Waals surface area contributed by atoms with Crippen molar-refractivity contribution in [3.05, 3.63) is 40.3 Å². The zero-order chi connectivity index (χ0) is 11.7. The second-order valence-corrected chi connectivity index (χ2v) is 3.86. The number of rotatable bonds is 2. The van der Waals surface area contributed by atoms with Gasteiger partial charge >= 0.3 is 5.97 Å². The van der Waals surface area contributed by atoms with Gasteiger partial charge < -0.3 is 9.63 Å². The molecule has 16 heavy (non-hydrogen) atoms. The number of carbonyl (C=O) groups is 1. The summed E-state index contributed by atoms with van der Waals surface area (Å²) in [5, 5.41) is 12.2. The average Bonchev–Trinajstić information content (AvgIpc) is 2.70. The summed E-state index contributed by atoms with van der Waals surface area (Å²) in [4.78, 5) is 10.6. The van der Waals surface area contributed by atoms with E-state index in [4.69, 9.17) is 5.11 Å². The van der Waals surface area contributed by atoms with Crippen LogP contribution in [0.5, 0.6) is 0 Å². The Kier molecular flexibility index (Phi) is 2.74. The number of nitrogens with zero attached hydrogens (tertiary/aromatic N) is 1. The van der Waals surface area contributed by atoms with E-state index in [0.29, 0.717) is 10.0 Å². The zero-order valence-corrected chi connectivity index (χ0v) is 9.36. The van der Waals surface area contributed by atoms with Crippen LogP contribution in [0.3, 0.4) is 0 Å². The molecule has 0 radical (unpaired) electrons. The van der Waals surface area contributed by atoms with Crippen LogP contribution >= 0.6 is 15.9 Å². The van der Waals surface area contributed by atoms with Crippen LogP contribution in [0.1, 0.15) is 10.6 Å². The molecule has 1 aromatic carbocycles. The SMILES string of the molecule is O=C(O)c1cc(-c2cc(F)ccc2Br)no1. The van der Waals surface area contributed by atoms with Crippen LogP contribution < -0.4 is 0 Å². The second kappa shape index (κ2) is 4.05. The average molecular weight is 286 g/mol. The van der Waals surface area contributed by atoms with E-state index in [-0.39, 0.29) is 11.5 Å². The Balaban J connectivity index is 2.50. The maximum atomic E-state index is 13.0. The van der Waals surface area contributed by atoms with Gasteiger partial charge in [-0.2, -0.15) is 0 Å². The predicted octanol–water partition coefficient (Wildman–Crippen LogP) is 2.94. The van der Waals surface area contributed by atoms with Crippen molar-refractivity contribution in [2.45, 2.75) is 0 Å². The third-order valence-electron chi connectivity index (χ3n) is 1.93. The van der Waals surface area contributed by atoms with Crippen molar-refractivity contribution >= 4 is 21.9 Å². The topological polar surface area (TPSA) is 63.3 Å². The summed E-state index contributed by atoms with van der Waals surface area (Å²) in [5.74, 6) is -1.93. The standard InChI is InChI=1S/C10H5BrFNO3/c11-7-2-1-5(12)3-6(7)8-4-9(10(14)15)16-13-8/h1-4H,(H,14,15). The van der Waals surface area contributed by atoms with Gasteiger partial charge in [-0.1, -0.05) is 21.1 Å². The predicted molar refractivity (Wildman–Crippen MR) is 56.6 cm³/mol.